The van der Waals surface area contributed by atoms with Gasteiger partial charge in [0, 0.05) is 12.8 Å². The van der Waals surface area contributed by atoms with Crippen LogP contribution in [0.3, 0.4) is 0 Å². The Morgan fingerprint density at radius 2 is 1.19 bits per heavy atom. The zero-order valence-corrected chi connectivity index (χ0v) is 10.9. The van der Waals surface area contributed by atoms with Crippen molar-refractivity contribution in [3.63, 3.8) is 0 Å². The minimum atomic E-state index is 1.02. The standard InChI is InChI=1S/C16H25/c1-3-5-7-9-11-13-15-16-14-12-10-8-6-4-2/h16H,3-11H2,1-2H3. The molecule has 0 aliphatic heterocycles. The van der Waals surface area contributed by atoms with Crippen LogP contribution in [0.15, 0.2) is 0 Å². The molecule has 0 fully saturated rings. The summed E-state index contributed by atoms with van der Waals surface area (Å²) in [5.41, 5.74) is 0. The molecule has 0 aliphatic carbocycles. The molecule has 0 heteroatoms. The third-order valence-electron chi connectivity index (χ3n) is 2.41. The Balaban J connectivity index is 3.25. The van der Waals surface area contributed by atoms with Crippen LogP contribution in [0.5, 0.6) is 0 Å². The van der Waals surface area contributed by atoms with Crippen LogP contribution in [0.1, 0.15) is 71.6 Å². The van der Waals surface area contributed by atoms with Gasteiger partial charge in [0.2, 0.25) is 0 Å². The molecular formula is C16H25. The molecule has 0 saturated heterocycles. The summed E-state index contributed by atoms with van der Waals surface area (Å²) >= 11 is 0. The molecule has 0 aromatic carbocycles. The van der Waals surface area contributed by atoms with Gasteiger partial charge in [0.1, 0.15) is 6.42 Å². The van der Waals surface area contributed by atoms with E-state index in [2.05, 4.69) is 37.5 Å². The molecule has 0 unspecified atom stereocenters. The van der Waals surface area contributed by atoms with Crippen molar-refractivity contribution in [2.75, 3.05) is 0 Å². The molecule has 89 valence electrons. The fraction of sp³-hybridized carbons (Fsp3) is 0.688. The summed E-state index contributed by atoms with van der Waals surface area (Å²) in [4.78, 5) is 0. The Morgan fingerprint density at radius 1 is 0.688 bits per heavy atom. The van der Waals surface area contributed by atoms with Crippen LogP contribution in [0, 0.1) is 30.1 Å². The molecule has 0 spiro atoms. The number of rotatable bonds is 7. The molecule has 1 radical (unpaired) electrons. The molecule has 0 saturated carbocycles. The summed E-state index contributed by atoms with van der Waals surface area (Å²) in [6.45, 7) is 4.44. The maximum atomic E-state index is 3.14. The Hall–Kier alpha value is -0.880. The number of unbranched alkanes of at least 4 members (excludes halogenated alkanes) is 7. The van der Waals surface area contributed by atoms with Gasteiger partial charge in [-0.15, -0.1) is 11.8 Å². The average Bonchev–Trinajstić information content (AvgIpc) is 2.31. The van der Waals surface area contributed by atoms with E-state index in [4.69, 9.17) is 0 Å². The first-order chi connectivity index (χ1) is 7.91. The van der Waals surface area contributed by atoms with Crippen LogP contribution in [-0.4, -0.2) is 0 Å². The molecule has 0 aromatic rings. The Kier molecular flexibility index (Phi) is 13.3. The van der Waals surface area contributed by atoms with Crippen LogP contribution in [0.4, 0.5) is 0 Å². The highest BCUT2D eigenvalue weighted by Crippen LogP contribution is 2.00. The molecule has 0 bridgehead atoms. The van der Waals surface area contributed by atoms with Gasteiger partial charge in [-0.05, 0) is 12.8 Å². The Morgan fingerprint density at radius 3 is 1.75 bits per heavy atom. The van der Waals surface area contributed by atoms with E-state index < -0.39 is 0 Å². The minimum Gasteiger partial charge on any atom is -0.102 e. The molecule has 16 heavy (non-hydrogen) atoms. The summed E-state index contributed by atoms with van der Waals surface area (Å²) < 4.78 is 0. The lowest BCUT2D eigenvalue weighted by atomic mass is 10.1. The fourth-order valence-electron chi connectivity index (χ4n) is 1.39. The second kappa shape index (κ2) is 14.1. The highest BCUT2D eigenvalue weighted by Gasteiger charge is 1.83. The summed E-state index contributed by atoms with van der Waals surface area (Å²) in [7, 11) is 0. The van der Waals surface area contributed by atoms with Crippen LogP contribution < -0.4 is 0 Å². The zero-order chi connectivity index (χ0) is 11.9. The smallest absolute Gasteiger partial charge is 0.102 e. The Bertz CT molecular complexity index is 241. The second-order valence-electron chi connectivity index (χ2n) is 4.05. The molecule has 0 N–H and O–H groups in total. The molecule has 0 aromatic heterocycles. The van der Waals surface area contributed by atoms with Crippen LogP contribution in [0.25, 0.3) is 0 Å². The van der Waals surface area contributed by atoms with E-state index in [0.29, 0.717) is 0 Å². The van der Waals surface area contributed by atoms with Crippen molar-refractivity contribution in [1.82, 2.24) is 0 Å². The van der Waals surface area contributed by atoms with Crippen LogP contribution in [-0.2, 0) is 0 Å². The van der Waals surface area contributed by atoms with Crippen molar-refractivity contribution in [1.29, 1.82) is 0 Å². The van der Waals surface area contributed by atoms with Gasteiger partial charge in [0.25, 0.3) is 0 Å². The van der Waals surface area contributed by atoms with Crippen molar-refractivity contribution in [3.05, 3.63) is 6.42 Å². The SMILES string of the molecule is CCCCCC#C[CH]C#CCCCCCC. The lowest BCUT2D eigenvalue weighted by molar-refractivity contribution is 0.679. The first-order valence-corrected chi connectivity index (χ1v) is 6.70. The van der Waals surface area contributed by atoms with E-state index in [1.54, 1.807) is 6.42 Å². The molecule has 0 heterocycles. The van der Waals surface area contributed by atoms with Crippen molar-refractivity contribution in [3.8, 4) is 23.7 Å². The van der Waals surface area contributed by atoms with E-state index in [9.17, 15) is 0 Å². The van der Waals surface area contributed by atoms with Crippen molar-refractivity contribution in [2.24, 2.45) is 0 Å². The minimum absolute atomic E-state index is 1.02. The van der Waals surface area contributed by atoms with E-state index in [0.717, 1.165) is 12.8 Å². The summed E-state index contributed by atoms with van der Waals surface area (Å²) in [5.74, 6) is 12.3. The summed E-state index contributed by atoms with van der Waals surface area (Å²) in [6.07, 6.45) is 12.8. The molecule has 0 rings (SSSR count). The van der Waals surface area contributed by atoms with E-state index in [1.165, 1.54) is 44.9 Å². The molecule has 0 atom stereocenters. The zero-order valence-electron chi connectivity index (χ0n) is 10.9. The molecule has 0 aliphatic rings. The van der Waals surface area contributed by atoms with Crippen LogP contribution in [0.2, 0.25) is 0 Å². The van der Waals surface area contributed by atoms with Gasteiger partial charge in [-0.3, -0.25) is 0 Å². The van der Waals surface area contributed by atoms with E-state index >= 15 is 0 Å². The largest absolute Gasteiger partial charge is 0.106 e. The van der Waals surface area contributed by atoms with Gasteiger partial charge in [-0.2, -0.15) is 0 Å². The van der Waals surface area contributed by atoms with Crippen molar-refractivity contribution in [2.45, 2.75) is 71.6 Å². The maximum absolute atomic E-state index is 3.14. The molecule has 0 nitrogen and oxygen atoms in total. The van der Waals surface area contributed by atoms with Gasteiger partial charge in [-0.25, -0.2) is 0 Å². The number of hydrogen-bond acceptors (Lipinski definition) is 0. The average molecular weight is 217 g/mol. The van der Waals surface area contributed by atoms with Crippen molar-refractivity contribution < 1.29 is 0 Å². The number of hydrogen-bond donors (Lipinski definition) is 0. The van der Waals surface area contributed by atoms with Gasteiger partial charge in [0.05, 0.1) is 0 Å². The predicted octanol–water partition coefficient (Wildman–Crippen LogP) is 4.75. The topological polar surface area (TPSA) is 0 Å². The van der Waals surface area contributed by atoms with E-state index in [-0.39, 0.29) is 0 Å². The second-order valence-corrected chi connectivity index (χ2v) is 4.05. The monoisotopic (exact) mass is 217 g/mol. The fourth-order valence-corrected chi connectivity index (χ4v) is 1.39. The quantitative estimate of drug-likeness (QED) is 0.426. The lowest BCUT2D eigenvalue weighted by Crippen LogP contribution is -1.74. The first kappa shape index (κ1) is 15.1. The molecule has 0 amide bonds. The molecular weight excluding hydrogens is 192 g/mol. The van der Waals surface area contributed by atoms with E-state index in [1.807, 2.05) is 0 Å². The normalized spacial score (nSPS) is 8.88. The van der Waals surface area contributed by atoms with Gasteiger partial charge in [-0.1, -0.05) is 57.8 Å². The third-order valence-corrected chi connectivity index (χ3v) is 2.41. The van der Waals surface area contributed by atoms with Gasteiger partial charge < -0.3 is 0 Å². The summed E-state index contributed by atoms with van der Waals surface area (Å²) in [6, 6.07) is 0. The van der Waals surface area contributed by atoms with Gasteiger partial charge in [0.15, 0.2) is 0 Å². The van der Waals surface area contributed by atoms with Gasteiger partial charge >= 0.3 is 0 Å². The van der Waals surface area contributed by atoms with Crippen molar-refractivity contribution >= 4 is 0 Å². The summed E-state index contributed by atoms with van der Waals surface area (Å²) in [5, 5.41) is 0. The Labute approximate surface area is 102 Å². The van der Waals surface area contributed by atoms with Crippen LogP contribution >= 0.6 is 0 Å². The highest BCUT2D eigenvalue weighted by molar-refractivity contribution is 5.25. The maximum Gasteiger partial charge on any atom is 0.106 e. The predicted molar refractivity (Wildman–Crippen MR) is 72.8 cm³/mol. The third kappa shape index (κ3) is 13.1. The highest BCUT2D eigenvalue weighted by atomic mass is 13.9. The first-order valence-electron chi connectivity index (χ1n) is 6.70. The lowest BCUT2D eigenvalue weighted by Gasteiger charge is -1.91.